The Bertz CT molecular complexity index is 830. The molecular formula is C23H29N3O3. The van der Waals surface area contributed by atoms with Crippen molar-refractivity contribution in [3.63, 3.8) is 0 Å². The van der Waals surface area contributed by atoms with E-state index in [2.05, 4.69) is 17.1 Å². The second-order valence-corrected chi connectivity index (χ2v) is 7.11. The molecular weight excluding hydrogens is 366 g/mol. The Balaban J connectivity index is 1.67. The van der Waals surface area contributed by atoms with Crippen molar-refractivity contribution in [1.29, 1.82) is 0 Å². The molecule has 2 amide bonds. The van der Waals surface area contributed by atoms with Crippen molar-refractivity contribution < 1.29 is 14.3 Å². The van der Waals surface area contributed by atoms with Crippen molar-refractivity contribution >= 4 is 28.9 Å². The summed E-state index contributed by atoms with van der Waals surface area (Å²) in [5.74, 6) is -0.185. The second kappa shape index (κ2) is 10.1. The third kappa shape index (κ3) is 5.57. The monoisotopic (exact) mass is 395 g/mol. The van der Waals surface area contributed by atoms with E-state index in [0.29, 0.717) is 19.8 Å². The summed E-state index contributed by atoms with van der Waals surface area (Å²) in [6.07, 6.45) is 1.19. The zero-order valence-electron chi connectivity index (χ0n) is 17.2. The molecule has 3 rings (SSSR count). The number of nitrogens with zero attached hydrogens (tertiary/aromatic N) is 2. The molecule has 2 aromatic rings. The van der Waals surface area contributed by atoms with Crippen LogP contribution in [-0.2, 0) is 20.7 Å². The number of hydrogen-bond donors (Lipinski definition) is 1. The molecule has 1 N–H and O–H groups in total. The standard InChI is InChI=1S/C23H29N3O3/c1-3-19-8-10-20(11-9-19)24-23(28)12-13-26(18(2)27)22-7-5-4-6-21(22)25-14-16-29-17-15-25/h4-11H,3,12-17H2,1-2H3,(H,24,28). The molecule has 1 fully saturated rings. The zero-order chi connectivity index (χ0) is 20.6. The van der Waals surface area contributed by atoms with Crippen LogP contribution < -0.4 is 15.1 Å². The van der Waals surface area contributed by atoms with E-state index >= 15 is 0 Å². The lowest BCUT2D eigenvalue weighted by Gasteiger charge is -2.33. The summed E-state index contributed by atoms with van der Waals surface area (Å²) in [6, 6.07) is 15.7. The second-order valence-electron chi connectivity index (χ2n) is 7.11. The lowest BCUT2D eigenvalue weighted by Crippen LogP contribution is -2.39. The Labute approximate surface area is 172 Å². The van der Waals surface area contributed by atoms with Crippen LogP contribution in [0.25, 0.3) is 0 Å². The summed E-state index contributed by atoms with van der Waals surface area (Å²) >= 11 is 0. The van der Waals surface area contributed by atoms with Crippen molar-refractivity contribution in [3.8, 4) is 0 Å². The Kier molecular flexibility index (Phi) is 7.25. The highest BCUT2D eigenvalue weighted by molar-refractivity contribution is 5.97. The predicted molar refractivity (Wildman–Crippen MR) is 117 cm³/mol. The summed E-state index contributed by atoms with van der Waals surface area (Å²) in [4.78, 5) is 28.7. The van der Waals surface area contributed by atoms with Crippen LogP contribution in [-0.4, -0.2) is 44.7 Å². The van der Waals surface area contributed by atoms with Crippen LogP contribution in [0.1, 0.15) is 25.8 Å². The van der Waals surface area contributed by atoms with Gasteiger partial charge in [0.05, 0.1) is 24.6 Å². The van der Waals surface area contributed by atoms with Crippen LogP contribution in [0.5, 0.6) is 0 Å². The van der Waals surface area contributed by atoms with Gasteiger partial charge in [-0.2, -0.15) is 0 Å². The van der Waals surface area contributed by atoms with Gasteiger partial charge in [-0.1, -0.05) is 31.2 Å². The molecule has 0 radical (unpaired) electrons. The molecule has 6 heteroatoms. The molecule has 0 atom stereocenters. The van der Waals surface area contributed by atoms with E-state index in [9.17, 15) is 9.59 Å². The summed E-state index contributed by atoms with van der Waals surface area (Å²) in [6.45, 7) is 6.89. The predicted octanol–water partition coefficient (Wildman–Crippen LogP) is 3.47. The van der Waals surface area contributed by atoms with E-state index in [1.54, 1.807) is 4.90 Å². The van der Waals surface area contributed by atoms with Crippen molar-refractivity contribution in [2.75, 3.05) is 48.0 Å². The fourth-order valence-corrected chi connectivity index (χ4v) is 3.47. The molecule has 0 aromatic heterocycles. The molecule has 1 aliphatic rings. The largest absolute Gasteiger partial charge is 0.378 e. The molecule has 154 valence electrons. The molecule has 1 saturated heterocycles. The number of aryl methyl sites for hydroxylation is 1. The third-order valence-electron chi connectivity index (χ3n) is 5.11. The van der Waals surface area contributed by atoms with Gasteiger partial charge in [-0.3, -0.25) is 9.59 Å². The van der Waals surface area contributed by atoms with E-state index in [1.165, 1.54) is 12.5 Å². The minimum Gasteiger partial charge on any atom is -0.378 e. The summed E-state index contributed by atoms with van der Waals surface area (Å²) in [5, 5.41) is 2.91. The number of morpholine rings is 1. The first-order chi connectivity index (χ1) is 14.1. The van der Waals surface area contributed by atoms with Gasteiger partial charge in [-0.25, -0.2) is 0 Å². The van der Waals surface area contributed by atoms with E-state index in [1.807, 2.05) is 48.5 Å². The van der Waals surface area contributed by atoms with Crippen LogP contribution >= 0.6 is 0 Å². The summed E-state index contributed by atoms with van der Waals surface area (Å²) in [7, 11) is 0. The van der Waals surface area contributed by atoms with Crippen molar-refractivity contribution in [3.05, 3.63) is 54.1 Å². The number of carbonyl (C=O) groups excluding carboxylic acids is 2. The van der Waals surface area contributed by atoms with Crippen molar-refractivity contribution in [1.82, 2.24) is 0 Å². The molecule has 0 saturated carbocycles. The molecule has 29 heavy (non-hydrogen) atoms. The number of amides is 2. The fraction of sp³-hybridized carbons (Fsp3) is 0.391. The SMILES string of the molecule is CCc1ccc(NC(=O)CCN(C(C)=O)c2ccccc2N2CCOCC2)cc1. The minimum absolute atomic E-state index is 0.0780. The highest BCUT2D eigenvalue weighted by atomic mass is 16.5. The summed E-state index contributed by atoms with van der Waals surface area (Å²) in [5.41, 5.74) is 3.84. The van der Waals surface area contributed by atoms with E-state index in [4.69, 9.17) is 4.74 Å². The Morgan fingerprint density at radius 1 is 1.07 bits per heavy atom. The minimum atomic E-state index is -0.107. The van der Waals surface area contributed by atoms with E-state index < -0.39 is 0 Å². The number of carbonyl (C=O) groups is 2. The van der Waals surface area contributed by atoms with E-state index in [0.717, 1.165) is 36.6 Å². The maximum absolute atomic E-state index is 12.4. The zero-order valence-corrected chi connectivity index (χ0v) is 17.2. The molecule has 0 spiro atoms. The number of rotatable bonds is 7. The van der Waals surface area contributed by atoms with Crippen molar-refractivity contribution in [2.45, 2.75) is 26.7 Å². The molecule has 6 nitrogen and oxygen atoms in total. The number of anilines is 3. The van der Waals surface area contributed by atoms with Gasteiger partial charge >= 0.3 is 0 Å². The molecule has 0 bridgehead atoms. The summed E-state index contributed by atoms with van der Waals surface area (Å²) < 4.78 is 5.44. The molecule has 1 heterocycles. The first kappa shape index (κ1) is 20.9. The van der Waals surface area contributed by atoms with Gasteiger partial charge in [-0.05, 0) is 36.2 Å². The van der Waals surface area contributed by atoms with Crippen LogP contribution in [0.4, 0.5) is 17.1 Å². The highest BCUT2D eigenvalue weighted by Gasteiger charge is 2.21. The van der Waals surface area contributed by atoms with Crippen LogP contribution in [0.2, 0.25) is 0 Å². The maximum atomic E-state index is 12.4. The van der Waals surface area contributed by atoms with E-state index in [-0.39, 0.29) is 18.2 Å². The molecule has 1 aliphatic heterocycles. The number of benzene rings is 2. The molecule has 0 unspecified atom stereocenters. The van der Waals surface area contributed by atoms with Gasteiger partial charge in [0.2, 0.25) is 11.8 Å². The Morgan fingerprint density at radius 3 is 2.41 bits per heavy atom. The molecule has 2 aromatic carbocycles. The number of hydrogen-bond acceptors (Lipinski definition) is 4. The third-order valence-corrected chi connectivity index (χ3v) is 5.11. The maximum Gasteiger partial charge on any atom is 0.226 e. The first-order valence-electron chi connectivity index (χ1n) is 10.2. The lowest BCUT2D eigenvalue weighted by atomic mass is 10.1. The first-order valence-corrected chi connectivity index (χ1v) is 10.2. The molecule has 0 aliphatic carbocycles. The van der Waals surface area contributed by atoms with Crippen molar-refractivity contribution in [2.24, 2.45) is 0 Å². The highest BCUT2D eigenvalue weighted by Crippen LogP contribution is 2.30. The van der Waals surface area contributed by atoms with Crippen LogP contribution in [0.15, 0.2) is 48.5 Å². The van der Waals surface area contributed by atoms with Gasteiger partial charge in [-0.15, -0.1) is 0 Å². The average molecular weight is 396 g/mol. The Morgan fingerprint density at radius 2 is 1.76 bits per heavy atom. The Hall–Kier alpha value is -2.86. The van der Waals surface area contributed by atoms with Crippen LogP contribution in [0.3, 0.4) is 0 Å². The fourth-order valence-electron chi connectivity index (χ4n) is 3.47. The number of para-hydroxylation sites is 2. The lowest BCUT2D eigenvalue weighted by molar-refractivity contribution is -0.117. The average Bonchev–Trinajstić information content (AvgIpc) is 2.75. The normalized spacial score (nSPS) is 13.8. The topological polar surface area (TPSA) is 61.9 Å². The van der Waals surface area contributed by atoms with Gasteiger partial charge in [0.25, 0.3) is 0 Å². The smallest absolute Gasteiger partial charge is 0.226 e. The van der Waals surface area contributed by atoms with Gasteiger partial charge in [0.1, 0.15) is 0 Å². The number of nitrogens with one attached hydrogen (secondary N) is 1. The van der Waals surface area contributed by atoms with Crippen LogP contribution in [0, 0.1) is 0 Å². The van der Waals surface area contributed by atoms with Gasteiger partial charge < -0.3 is 19.9 Å². The van der Waals surface area contributed by atoms with Gasteiger partial charge in [0, 0.05) is 38.7 Å². The van der Waals surface area contributed by atoms with Gasteiger partial charge in [0.15, 0.2) is 0 Å². The quantitative estimate of drug-likeness (QED) is 0.780. The number of ether oxygens (including phenoxy) is 1.